The fraction of sp³-hybridized carbons (Fsp3) is 0.857. The molecule has 82 valence electrons. The van der Waals surface area contributed by atoms with Gasteiger partial charge in [0.1, 0.15) is 0 Å². The molecule has 1 N–H and O–H groups in total. The molecule has 1 unspecified atom stereocenters. The van der Waals surface area contributed by atoms with Crippen LogP contribution in [0.3, 0.4) is 0 Å². The maximum absolute atomic E-state index is 11.1. The SMILES string of the molecule is COC(=O)C1CCN(OS(=O)O)CC1. The first-order valence-electron chi connectivity index (χ1n) is 4.25. The lowest BCUT2D eigenvalue weighted by atomic mass is 9.98. The molecule has 0 aromatic rings. The van der Waals surface area contributed by atoms with Crippen LogP contribution in [0.25, 0.3) is 0 Å². The Balaban J connectivity index is 2.31. The van der Waals surface area contributed by atoms with Crippen molar-refractivity contribution in [2.24, 2.45) is 5.92 Å². The molecule has 14 heavy (non-hydrogen) atoms. The Kier molecular flexibility index (Phi) is 4.46. The zero-order valence-electron chi connectivity index (χ0n) is 7.84. The molecule has 1 atom stereocenters. The maximum atomic E-state index is 11.1. The molecule has 0 spiro atoms. The van der Waals surface area contributed by atoms with Crippen molar-refractivity contribution >= 4 is 17.3 Å². The molecule has 1 heterocycles. The summed E-state index contributed by atoms with van der Waals surface area (Å²) in [4.78, 5) is 11.1. The van der Waals surface area contributed by atoms with E-state index in [1.54, 1.807) is 0 Å². The summed E-state index contributed by atoms with van der Waals surface area (Å²) in [6.07, 6.45) is 1.17. The predicted molar refractivity (Wildman–Crippen MR) is 48.2 cm³/mol. The van der Waals surface area contributed by atoms with Crippen molar-refractivity contribution in [1.82, 2.24) is 5.06 Å². The van der Waals surface area contributed by atoms with Crippen molar-refractivity contribution in [3.05, 3.63) is 0 Å². The third-order valence-electron chi connectivity index (χ3n) is 2.16. The number of carbonyl (C=O) groups is 1. The minimum atomic E-state index is -2.28. The molecule has 0 aromatic carbocycles. The smallest absolute Gasteiger partial charge is 0.319 e. The van der Waals surface area contributed by atoms with E-state index in [4.69, 9.17) is 4.55 Å². The van der Waals surface area contributed by atoms with Gasteiger partial charge in [0.25, 0.3) is 0 Å². The number of methoxy groups -OCH3 is 1. The van der Waals surface area contributed by atoms with Crippen LogP contribution in [0.4, 0.5) is 0 Å². The van der Waals surface area contributed by atoms with Crippen molar-refractivity contribution < 1.29 is 22.6 Å². The fourth-order valence-corrected chi connectivity index (χ4v) is 1.75. The van der Waals surface area contributed by atoms with Gasteiger partial charge >= 0.3 is 17.3 Å². The second kappa shape index (κ2) is 5.40. The fourth-order valence-electron chi connectivity index (χ4n) is 1.42. The van der Waals surface area contributed by atoms with Crippen molar-refractivity contribution in [3.63, 3.8) is 0 Å². The summed E-state index contributed by atoms with van der Waals surface area (Å²) in [7, 11) is 1.36. The largest absolute Gasteiger partial charge is 0.469 e. The van der Waals surface area contributed by atoms with Crippen LogP contribution in [-0.2, 0) is 25.2 Å². The van der Waals surface area contributed by atoms with Crippen LogP contribution in [0, 0.1) is 5.92 Å². The Morgan fingerprint density at radius 2 is 2.07 bits per heavy atom. The number of rotatable bonds is 3. The van der Waals surface area contributed by atoms with E-state index in [0.29, 0.717) is 25.9 Å². The number of carbonyl (C=O) groups excluding carboxylic acids is 1. The zero-order valence-corrected chi connectivity index (χ0v) is 8.66. The lowest BCUT2D eigenvalue weighted by molar-refractivity contribution is -0.150. The molecule has 1 fully saturated rings. The number of nitrogens with zero attached hydrogens (tertiary/aromatic N) is 1. The van der Waals surface area contributed by atoms with Gasteiger partial charge in [0.2, 0.25) is 0 Å². The van der Waals surface area contributed by atoms with Gasteiger partial charge in [-0.15, -0.1) is 0 Å². The molecule has 0 aliphatic carbocycles. The summed E-state index contributed by atoms with van der Waals surface area (Å²) in [5.41, 5.74) is 0. The van der Waals surface area contributed by atoms with Crippen LogP contribution in [0.1, 0.15) is 12.8 Å². The highest BCUT2D eigenvalue weighted by atomic mass is 32.2. The summed E-state index contributed by atoms with van der Waals surface area (Å²) < 4.78 is 27.9. The van der Waals surface area contributed by atoms with E-state index in [0.717, 1.165) is 0 Å². The van der Waals surface area contributed by atoms with Crippen LogP contribution in [-0.4, -0.2) is 40.0 Å². The van der Waals surface area contributed by atoms with Gasteiger partial charge in [-0.2, -0.15) is 13.6 Å². The van der Waals surface area contributed by atoms with Gasteiger partial charge in [-0.3, -0.25) is 9.35 Å². The third-order valence-corrected chi connectivity index (χ3v) is 2.50. The van der Waals surface area contributed by atoms with Crippen molar-refractivity contribution in [2.75, 3.05) is 20.2 Å². The van der Waals surface area contributed by atoms with Crippen LogP contribution in [0.5, 0.6) is 0 Å². The molecule has 0 bridgehead atoms. The van der Waals surface area contributed by atoms with Crippen molar-refractivity contribution in [3.8, 4) is 0 Å². The first kappa shape index (κ1) is 11.6. The van der Waals surface area contributed by atoms with Crippen molar-refractivity contribution in [2.45, 2.75) is 12.8 Å². The summed E-state index contributed by atoms with van der Waals surface area (Å²) in [6, 6.07) is 0. The lowest BCUT2D eigenvalue weighted by Gasteiger charge is -2.27. The van der Waals surface area contributed by atoms with E-state index in [-0.39, 0.29) is 11.9 Å². The van der Waals surface area contributed by atoms with Crippen LogP contribution in [0.15, 0.2) is 0 Å². The number of esters is 1. The second-order valence-electron chi connectivity index (χ2n) is 3.02. The van der Waals surface area contributed by atoms with Gasteiger partial charge in [0, 0.05) is 13.1 Å². The van der Waals surface area contributed by atoms with Gasteiger partial charge in [0.05, 0.1) is 13.0 Å². The summed E-state index contributed by atoms with van der Waals surface area (Å²) in [5, 5.41) is 1.38. The summed E-state index contributed by atoms with van der Waals surface area (Å²) in [5.74, 6) is -0.346. The molecule has 0 aromatic heterocycles. The van der Waals surface area contributed by atoms with Gasteiger partial charge < -0.3 is 4.74 Å². The molecular formula is C7H13NO5S. The van der Waals surface area contributed by atoms with Gasteiger partial charge in [0.15, 0.2) is 0 Å². The number of hydroxylamine groups is 2. The molecule has 0 radical (unpaired) electrons. The Morgan fingerprint density at radius 1 is 1.50 bits per heavy atom. The number of piperidine rings is 1. The molecule has 1 aliphatic rings. The number of ether oxygens (including phenoxy) is 1. The van der Waals surface area contributed by atoms with E-state index >= 15 is 0 Å². The maximum Gasteiger partial charge on any atom is 0.319 e. The Morgan fingerprint density at radius 3 is 2.50 bits per heavy atom. The quantitative estimate of drug-likeness (QED) is 0.533. The Hall–Kier alpha value is -0.500. The van der Waals surface area contributed by atoms with Gasteiger partial charge in [-0.05, 0) is 12.8 Å². The van der Waals surface area contributed by atoms with E-state index in [2.05, 4.69) is 9.02 Å². The molecular weight excluding hydrogens is 210 g/mol. The minimum absolute atomic E-state index is 0.119. The Labute approximate surface area is 84.6 Å². The average Bonchev–Trinajstić information content (AvgIpc) is 2.17. The predicted octanol–water partition coefficient (Wildman–Crippen LogP) is -0.0603. The standard InChI is InChI=1S/C7H13NO5S/c1-12-7(9)6-2-4-8(5-3-6)13-14(10)11/h6H,2-5H2,1H3,(H,10,11). The highest BCUT2D eigenvalue weighted by Crippen LogP contribution is 2.18. The first-order chi connectivity index (χ1) is 6.63. The molecule has 7 heteroatoms. The van der Waals surface area contributed by atoms with Crippen LogP contribution < -0.4 is 0 Å². The van der Waals surface area contributed by atoms with Crippen LogP contribution in [0.2, 0.25) is 0 Å². The third kappa shape index (κ3) is 3.33. The highest BCUT2D eigenvalue weighted by molar-refractivity contribution is 7.74. The van der Waals surface area contributed by atoms with Crippen LogP contribution >= 0.6 is 0 Å². The second-order valence-corrected chi connectivity index (χ2v) is 3.60. The van der Waals surface area contributed by atoms with E-state index < -0.39 is 11.4 Å². The van der Waals surface area contributed by atoms with Crippen molar-refractivity contribution in [1.29, 1.82) is 0 Å². The minimum Gasteiger partial charge on any atom is -0.469 e. The zero-order chi connectivity index (χ0) is 10.6. The average molecular weight is 223 g/mol. The first-order valence-corrected chi connectivity index (χ1v) is 5.28. The number of hydrogen-bond donors (Lipinski definition) is 1. The molecule has 0 amide bonds. The monoisotopic (exact) mass is 223 g/mol. The molecule has 0 saturated carbocycles. The molecule has 6 nitrogen and oxygen atoms in total. The van der Waals surface area contributed by atoms with Gasteiger partial charge in [-0.1, -0.05) is 0 Å². The summed E-state index contributed by atoms with van der Waals surface area (Å²) >= 11 is -2.28. The Bertz CT molecular complexity index is 226. The van der Waals surface area contributed by atoms with Gasteiger partial charge in [-0.25, -0.2) is 0 Å². The lowest BCUT2D eigenvalue weighted by Crippen LogP contribution is -2.37. The normalized spacial score (nSPS) is 21.9. The molecule has 1 aliphatic heterocycles. The topological polar surface area (TPSA) is 76.1 Å². The molecule has 1 saturated heterocycles. The highest BCUT2D eigenvalue weighted by Gasteiger charge is 2.26. The summed E-state index contributed by atoms with van der Waals surface area (Å²) in [6.45, 7) is 0.929. The molecule has 1 rings (SSSR count). The van der Waals surface area contributed by atoms with E-state index in [1.165, 1.54) is 12.2 Å². The van der Waals surface area contributed by atoms with E-state index in [1.807, 2.05) is 0 Å². The van der Waals surface area contributed by atoms with E-state index in [9.17, 15) is 9.00 Å². The number of hydrogen-bond acceptors (Lipinski definition) is 5.